The predicted molar refractivity (Wildman–Crippen MR) is 100 cm³/mol. The second kappa shape index (κ2) is 7.92. The zero-order valence-corrected chi connectivity index (χ0v) is 14.6. The fraction of sp³-hybridized carbons (Fsp3) is 0.200. The van der Waals surface area contributed by atoms with E-state index >= 15 is 0 Å². The minimum atomic E-state index is -0.359. The highest BCUT2D eigenvalue weighted by Gasteiger charge is 2.19. The molecule has 1 aliphatic rings. The summed E-state index contributed by atoms with van der Waals surface area (Å²) in [6.07, 6.45) is 0. The molecule has 3 aromatic rings. The Morgan fingerprint density at radius 2 is 1.78 bits per heavy atom. The van der Waals surface area contributed by atoms with Gasteiger partial charge in [0.25, 0.3) is 5.91 Å². The summed E-state index contributed by atoms with van der Waals surface area (Å²) in [5.74, 6) is 1.45. The molecule has 0 bridgehead atoms. The molecule has 1 N–H and O–H groups in total. The van der Waals surface area contributed by atoms with E-state index in [0.717, 1.165) is 0 Å². The zero-order valence-electron chi connectivity index (χ0n) is 14.6. The van der Waals surface area contributed by atoms with E-state index < -0.39 is 0 Å². The summed E-state index contributed by atoms with van der Waals surface area (Å²) in [4.78, 5) is 14.6. The number of rotatable bonds is 5. The molecule has 7 heteroatoms. The molecule has 1 aromatic heterocycles. The third-order valence-corrected chi connectivity index (χ3v) is 4.16. The molecule has 0 radical (unpaired) electrons. The van der Waals surface area contributed by atoms with Crippen molar-refractivity contribution in [3.05, 3.63) is 66.4 Å². The maximum atomic E-state index is 12.6. The average Bonchev–Trinajstić information content (AvgIpc) is 3.21. The summed E-state index contributed by atoms with van der Waals surface area (Å²) >= 11 is 0. The number of benzene rings is 2. The molecule has 1 amide bonds. The van der Waals surface area contributed by atoms with Crippen LogP contribution in [0.4, 0.5) is 11.6 Å². The summed E-state index contributed by atoms with van der Waals surface area (Å²) in [5.41, 5.74) is 0.772. The molecular weight excluding hydrogens is 346 g/mol. The highest BCUT2D eigenvalue weighted by atomic mass is 16.5. The molecule has 0 atom stereocenters. The number of amides is 1. The van der Waals surface area contributed by atoms with Crippen molar-refractivity contribution in [3.63, 3.8) is 0 Å². The summed E-state index contributed by atoms with van der Waals surface area (Å²) in [6, 6.07) is 18.3. The van der Waals surface area contributed by atoms with Crippen LogP contribution in [-0.4, -0.2) is 37.4 Å². The van der Waals surface area contributed by atoms with Crippen LogP contribution in [-0.2, 0) is 4.74 Å². The lowest BCUT2D eigenvalue weighted by atomic mass is 10.2. The number of nitrogens with zero attached hydrogens (tertiary/aromatic N) is 2. The van der Waals surface area contributed by atoms with Gasteiger partial charge in [0.15, 0.2) is 11.4 Å². The Bertz CT molecular complexity index is 904. The second-order valence-corrected chi connectivity index (χ2v) is 6.02. The van der Waals surface area contributed by atoms with Gasteiger partial charge in [-0.3, -0.25) is 4.79 Å². The Balaban J connectivity index is 1.48. The van der Waals surface area contributed by atoms with E-state index in [2.05, 4.69) is 10.5 Å². The van der Waals surface area contributed by atoms with E-state index in [0.29, 0.717) is 49.4 Å². The summed E-state index contributed by atoms with van der Waals surface area (Å²) in [5, 5.41) is 6.72. The van der Waals surface area contributed by atoms with Crippen LogP contribution in [0.15, 0.2) is 65.2 Å². The molecule has 1 saturated heterocycles. The minimum Gasteiger partial charge on any atom is -0.455 e. The van der Waals surface area contributed by atoms with Crippen molar-refractivity contribution in [2.24, 2.45) is 0 Å². The Labute approximate surface area is 156 Å². The first kappa shape index (κ1) is 17.1. The number of hydrogen-bond acceptors (Lipinski definition) is 6. The number of anilines is 2. The number of ether oxygens (including phenoxy) is 2. The van der Waals surface area contributed by atoms with Gasteiger partial charge >= 0.3 is 0 Å². The Morgan fingerprint density at radius 3 is 2.59 bits per heavy atom. The molecular formula is C20H19N3O4. The monoisotopic (exact) mass is 365 g/mol. The third-order valence-electron chi connectivity index (χ3n) is 4.16. The standard InChI is InChI=1S/C20H19N3O4/c24-20(17-14-19(27-22-17)23-10-12-25-13-11-23)21-16-8-4-5-9-18(16)26-15-6-2-1-3-7-15/h1-9,14H,10-13H2,(H,21,24). The third kappa shape index (κ3) is 4.09. The van der Waals surface area contributed by atoms with E-state index in [4.69, 9.17) is 14.0 Å². The smallest absolute Gasteiger partial charge is 0.278 e. The maximum absolute atomic E-state index is 12.6. The van der Waals surface area contributed by atoms with Gasteiger partial charge in [-0.25, -0.2) is 0 Å². The molecule has 0 saturated carbocycles. The van der Waals surface area contributed by atoms with Crippen LogP contribution in [0.3, 0.4) is 0 Å². The number of carbonyl (C=O) groups is 1. The van der Waals surface area contributed by atoms with E-state index in [1.165, 1.54) is 0 Å². The highest BCUT2D eigenvalue weighted by molar-refractivity contribution is 6.04. The molecule has 0 aliphatic carbocycles. The molecule has 138 valence electrons. The summed E-state index contributed by atoms with van der Waals surface area (Å²) < 4.78 is 16.5. The molecule has 27 heavy (non-hydrogen) atoms. The normalized spacial score (nSPS) is 14.0. The summed E-state index contributed by atoms with van der Waals surface area (Å²) in [7, 11) is 0. The van der Waals surface area contributed by atoms with Crippen LogP contribution in [0.25, 0.3) is 0 Å². The molecule has 0 spiro atoms. The number of aromatic nitrogens is 1. The fourth-order valence-corrected chi connectivity index (χ4v) is 2.77. The lowest BCUT2D eigenvalue weighted by molar-refractivity contribution is 0.101. The van der Waals surface area contributed by atoms with Crippen LogP contribution in [0.1, 0.15) is 10.5 Å². The van der Waals surface area contributed by atoms with E-state index in [1.54, 1.807) is 18.2 Å². The number of morpholine rings is 1. The van der Waals surface area contributed by atoms with Gasteiger partial charge in [0.1, 0.15) is 5.75 Å². The first-order chi connectivity index (χ1) is 13.3. The van der Waals surface area contributed by atoms with Crippen molar-refractivity contribution in [2.45, 2.75) is 0 Å². The first-order valence-electron chi connectivity index (χ1n) is 8.72. The van der Waals surface area contributed by atoms with Gasteiger partial charge in [0, 0.05) is 19.2 Å². The van der Waals surface area contributed by atoms with Crippen molar-refractivity contribution in [1.29, 1.82) is 0 Å². The van der Waals surface area contributed by atoms with Crippen LogP contribution in [0.5, 0.6) is 11.5 Å². The SMILES string of the molecule is O=C(Nc1ccccc1Oc1ccccc1)c1cc(N2CCOCC2)on1. The fourth-order valence-electron chi connectivity index (χ4n) is 2.77. The molecule has 1 aliphatic heterocycles. The predicted octanol–water partition coefficient (Wildman–Crippen LogP) is 3.56. The van der Waals surface area contributed by atoms with Crippen LogP contribution in [0, 0.1) is 0 Å². The van der Waals surface area contributed by atoms with Gasteiger partial charge in [-0.1, -0.05) is 35.5 Å². The second-order valence-electron chi connectivity index (χ2n) is 6.02. The number of hydrogen-bond donors (Lipinski definition) is 1. The average molecular weight is 365 g/mol. The van der Waals surface area contributed by atoms with Crippen molar-refractivity contribution in [2.75, 3.05) is 36.5 Å². The zero-order chi connectivity index (χ0) is 18.5. The first-order valence-corrected chi connectivity index (χ1v) is 8.72. The molecule has 4 rings (SSSR count). The van der Waals surface area contributed by atoms with Crippen molar-refractivity contribution in [3.8, 4) is 11.5 Å². The van der Waals surface area contributed by atoms with Gasteiger partial charge in [0.2, 0.25) is 5.88 Å². The van der Waals surface area contributed by atoms with Gasteiger partial charge in [-0.2, -0.15) is 0 Å². The van der Waals surface area contributed by atoms with Crippen molar-refractivity contribution in [1.82, 2.24) is 5.16 Å². The largest absolute Gasteiger partial charge is 0.455 e. The topological polar surface area (TPSA) is 76.8 Å². The van der Waals surface area contributed by atoms with E-state index in [1.807, 2.05) is 47.4 Å². The molecule has 2 aromatic carbocycles. The molecule has 7 nitrogen and oxygen atoms in total. The van der Waals surface area contributed by atoms with Crippen LogP contribution < -0.4 is 15.0 Å². The molecule has 2 heterocycles. The number of carbonyl (C=O) groups excluding carboxylic acids is 1. The highest BCUT2D eigenvalue weighted by Crippen LogP contribution is 2.29. The van der Waals surface area contributed by atoms with Crippen LogP contribution >= 0.6 is 0 Å². The van der Waals surface area contributed by atoms with Gasteiger partial charge in [-0.15, -0.1) is 0 Å². The van der Waals surface area contributed by atoms with E-state index in [9.17, 15) is 4.79 Å². The van der Waals surface area contributed by atoms with Gasteiger partial charge < -0.3 is 24.2 Å². The quantitative estimate of drug-likeness (QED) is 0.745. The number of nitrogens with one attached hydrogen (secondary N) is 1. The summed E-state index contributed by atoms with van der Waals surface area (Å²) in [6.45, 7) is 2.69. The molecule has 1 fully saturated rings. The Kier molecular flexibility index (Phi) is 5.02. The Hall–Kier alpha value is -3.32. The van der Waals surface area contributed by atoms with Gasteiger partial charge in [-0.05, 0) is 24.3 Å². The lowest BCUT2D eigenvalue weighted by Crippen LogP contribution is -2.35. The maximum Gasteiger partial charge on any atom is 0.278 e. The Morgan fingerprint density at radius 1 is 1.04 bits per heavy atom. The number of para-hydroxylation sites is 3. The van der Waals surface area contributed by atoms with Crippen molar-refractivity contribution < 1.29 is 18.8 Å². The van der Waals surface area contributed by atoms with Crippen molar-refractivity contribution >= 4 is 17.5 Å². The van der Waals surface area contributed by atoms with E-state index in [-0.39, 0.29) is 11.6 Å². The minimum absolute atomic E-state index is 0.214. The van der Waals surface area contributed by atoms with Crippen LogP contribution in [0.2, 0.25) is 0 Å². The lowest BCUT2D eigenvalue weighted by Gasteiger charge is -2.25. The van der Waals surface area contributed by atoms with Gasteiger partial charge in [0.05, 0.1) is 18.9 Å². The molecule has 0 unspecified atom stereocenters.